The first kappa shape index (κ1) is 16.6. The summed E-state index contributed by atoms with van der Waals surface area (Å²) in [5, 5.41) is 4.21. The van der Waals surface area contributed by atoms with Crippen molar-refractivity contribution in [1.82, 2.24) is 14.0 Å². The van der Waals surface area contributed by atoms with Gasteiger partial charge >= 0.3 is 0 Å². The van der Waals surface area contributed by atoms with Crippen molar-refractivity contribution in [3.05, 3.63) is 41.7 Å². The lowest BCUT2D eigenvalue weighted by atomic mass is 10.2. The van der Waals surface area contributed by atoms with Gasteiger partial charge in [0.2, 0.25) is 16.0 Å². The molecule has 0 amide bonds. The van der Waals surface area contributed by atoms with Crippen LogP contribution < -0.4 is 5.73 Å². The molecule has 2 heterocycles. The molecule has 0 aliphatic carbocycles. The van der Waals surface area contributed by atoms with Crippen LogP contribution in [-0.4, -0.2) is 54.9 Å². The first-order chi connectivity index (χ1) is 11.5. The molecule has 0 saturated carbocycles. The van der Waals surface area contributed by atoms with Gasteiger partial charge in [-0.2, -0.15) is 9.41 Å². The second-order valence-electron chi connectivity index (χ2n) is 5.38. The van der Waals surface area contributed by atoms with Gasteiger partial charge in [-0.05, 0) is 13.0 Å². The normalized spacial score (nSPS) is 16.7. The lowest BCUT2D eigenvalue weighted by Crippen LogP contribution is -2.40. The summed E-state index contributed by atoms with van der Waals surface area (Å²) in [6.45, 7) is 3.31. The average Bonchev–Trinajstić information content (AvgIpc) is 2.91. The summed E-state index contributed by atoms with van der Waals surface area (Å²) in [6, 6.07) is 6.74. The van der Waals surface area contributed by atoms with Crippen molar-refractivity contribution in [1.29, 1.82) is 0 Å². The Hall–Kier alpha value is -2.23. The van der Waals surface area contributed by atoms with E-state index in [1.807, 2.05) is 0 Å². The van der Waals surface area contributed by atoms with Gasteiger partial charge in [-0.15, -0.1) is 0 Å². The van der Waals surface area contributed by atoms with E-state index in [0.717, 1.165) is 5.69 Å². The highest BCUT2D eigenvalue weighted by Crippen LogP contribution is 2.20. The van der Waals surface area contributed by atoms with Gasteiger partial charge in [-0.3, -0.25) is 0 Å². The quantitative estimate of drug-likeness (QED) is 0.818. The first-order valence-corrected chi connectivity index (χ1v) is 8.95. The summed E-state index contributed by atoms with van der Waals surface area (Å²) in [7, 11) is -3.60. The monoisotopic (exact) mass is 349 g/mol. The molecule has 0 radical (unpaired) electrons. The van der Waals surface area contributed by atoms with Crippen LogP contribution in [0.25, 0.3) is 0 Å². The van der Waals surface area contributed by atoms with Crippen molar-refractivity contribution in [2.24, 2.45) is 5.10 Å². The zero-order valence-corrected chi connectivity index (χ0v) is 14.1. The number of hydrogen-bond acceptors (Lipinski definition) is 6. The van der Waals surface area contributed by atoms with Gasteiger partial charge in [0.25, 0.3) is 0 Å². The van der Waals surface area contributed by atoms with Gasteiger partial charge in [0.05, 0.1) is 36.2 Å². The summed E-state index contributed by atoms with van der Waals surface area (Å²) >= 11 is 0. The number of anilines is 1. The van der Waals surface area contributed by atoms with Gasteiger partial charge in [0.15, 0.2) is 0 Å². The maximum absolute atomic E-state index is 12.9. The van der Waals surface area contributed by atoms with E-state index in [-0.39, 0.29) is 10.8 Å². The van der Waals surface area contributed by atoms with Crippen molar-refractivity contribution < 1.29 is 13.2 Å². The molecule has 9 heteroatoms. The molecule has 2 N–H and O–H groups in total. The molecular weight excluding hydrogens is 330 g/mol. The number of morpholine rings is 1. The third-order valence-electron chi connectivity index (χ3n) is 3.66. The van der Waals surface area contributed by atoms with E-state index < -0.39 is 10.0 Å². The third kappa shape index (κ3) is 3.32. The van der Waals surface area contributed by atoms with E-state index in [4.69, 9.17) is 10.5 Å². The third-order valence-corrected chi connectivity index (χ3v) is 5.64. The number of nitrogens with two attached hydrogens (primary N) is 1. The molecule has 1 fully saturated rings. The summed E-state index contributed by atoms with van der Waals surface area (Å²) in [4.78, 5) is 4.27. The molecule has 1 aromatic heterocycles. The molecule has 0 unspecified atom stereocenters. The van der Waals surface area contributed by atoms with Crippen LogP contribution in [0.3, 0.4) is 0 Å². The van der Waals surface area contributed by atoms with Crippen LogP contribution >= 0.6 is 0 Å². The van der Waals surface area contributed by atoms with E-state index in [1.54, 1.807) is 37.4 Å². The van der Waals surface area contributed by atoms with Crippen LogP contribution in [0.2, 0.25) is 0 Å². The number of nitrogens with zero attached hydrogens (tertiary/aromatic N) is 4. The minimum atomic E-state index is -3.60. The Balaban J connectivity index is 1.94. The fourth-order valence-electron chi connectivity index (χ4n) is 2.47. The van der Waals surface area contributed by atoms with Crippen LogP contribution in [0, 0.1) is 6.92 Å². The number of benzene rings is 1. The zero-order chi connectivity index (χ0) is 17.2. The number of imidazole rings is 1. The predicted octanol–water partition coefficient (Wildman–Crippen LogP) is 0.677. The molecular formula is C15H19N5O3S. The standard InChI is InChI=1S/C15H19N5O3S/c1-12-11-20(15(16)18-12)17-10-13-4-2-3-5-14(13)24(21,22)19-6-8-23-9-7-19/h2-5,10-11H,6-9H2,1H3,(H2,16,18). The first-order valence-electron chi connectivity index (χ1n) is 7.51. The largest absolute Gasteiger partial charge is 0.379 e. The van der Waals surface area contributed by atoms with Gasteiger partial charge in [-0.25, -0.2) is 18.1 Å². The predicted molar refractivity (Wildman–Crippen MR) is 90.4 cm³/mol. The summed E-state index contributed by atoms with van der Waals surface area (Å²) in [5.74, 6) is 0.247. The molecule has 1 aliphatic heterocycles. The van der Waals surface area contributed by atoms with Crippen LogP contribution in [-0.2, 0) is 14.8 Å². The fraction of sp³-hybridized carbons (Fsp3) is 0.333. The lowest BCUT2D eigenvalue weighted by molar-refractivity contribution is 0.0730. The molecule has 1 aromatic carbocycles. The topological polar surface area (TPSA) is 103 Å². The number of ether oxygens (including phenoxy) is 1. The Bertz CT molecular complexity index is 854. The Morgan fingerprint density at radius 3 is 2.67 bits per heavy atom. The highest BCUT2D eigenvalue weighted by Gasteiger charge is 2.27. The van der Waals surface area contributed by atoms with Crippen molar-refractivity contribution in [2.45, 2.75) is 11.8 Å². The summed E-state index contributed by atoms with van der Waals surface area (Å²) < 4.78 is 33.8. The number of aryl methyl sites for hydroxylation is 1. The molecule has 1 saturated heterocycles. The molecule has 128 valence electrons. The fourth-order valence-corrected chi connectivity index (χ4v) is 4.05. The van der Waals surface area contributed by atoms with Gasteiger partial charge < -0.3 is 10.5 Å². The van der Waals surface area contributed by atoms with Crippen molar-refractivity contribution in [3.63, 3.8) is 0 Å². The van der Waals surface area contributed by atoms with Crippen LogP contribution in [0.5, 0.6) is 0 Å². The van der Waals surface area contributed by atoms with Gasteiger partial charge in [0.1, 0.15) is 0 Å². The van der Waals surface area contributed by atoms with Crippen molar-refractivity contribution in [3.8, 4) is 0 Å². The van der Waals surface area contributed by atoms with E-state index in [1.165, 1.54) is 15.2 Å². The Morgan fingerprint density at radius 2 is 2.00 bits per heavy atom. The number of rotatable bonds is 4. The molecule has 0 bridgehead atoms. The minimum Gasteiger partial charge on any atom is -0.379 e. The number of aromatic nitrogens is 2. The van der Waals surface area contributed by atoms with Gasteiger partial charge in [0, 0.05) is 18.7 Å². The molecule has 2 aromatic rings. The summed E-state index contributed by atoms with van der Waals surface area (Å²) in [6.07, 6.45) is 3.15. The van der Waals surface area contributed by atoms with Crippen LogP contribution in [0.4, 0.5) is 5.95 Å². The van der Waals surface area contributed by atoms with E-state index in [0.29, 0.717) is 31.9 Å². The highest BCUT2D eigenvalue weighted by molar-refractivity contribution is 7.89. The van der Waals surface area contributed by atoms with Crippen molar-refractivity contribution in [2.75, 3.05) is 32.0 Å². The Morgan fingerprint density at radius 1 is 1.29 bits per heavy atom. The van der Waals surface area contributed by atoms with Gasteiger partial charge in [-0.1, -0.05) is 18.2 Å². The molecule has 8 nitrogen and oxygen atoms in total. The smallest absolute Gasteiger partial charge is 0.243 e. The second kappa shape index (κ2) is 6.71. The highest BCUT2D eigenvalue weighted by atomic mass is 32.2. The maximum Gasteiger partial charge on any atom is 0.243 e. The lowest BCUT2D eigenvalue weighted by Gasteiger charge is -2.26. The van der Waals surface area contributed by atoms with Crippen molar-refractivity contribution >= 4 is 22.2 Å². The number of hydrogen-bond donors (Lipinski definition) is 1. The van der Waals surface area contributed by atoms with Crippen LogP contribution in [0.15, 0.2) is 40.5 Å². The number of nitrogen functional groups attached to an aromatic ring is 1. The van der Waals surface area contributed by atoms with E-state index in [9.17, 15) is 8.42 Å². The molecule has 24 heavy (non-hydrogen) atoms. The minimum absolute atomic E-state index is 0.214. The van der Waals surface area contributed by atoms with E-state index in [2.05, 4.69) is 10.1 Å². The SMILES string of the molecule is Cc1cn(N=Cc2ccccc2S(=O)(=O)N2CCOCC2)c(N)n1. The Kier molecular flexibility index (Phi) is 4.65. The molecule has 0 spiro atoms. The Labute approximate surface area is 140 Å². The summed E-state index contributed by atoms with van der Waals surface area (Å²) in [5.41, 5.74) is 6.97. The van der Waals surface area contributed by atoms with E-state index >= 15 is 0 Å². The van der Waals surface area contributed by atoms with Crippen LogP contribution in [0.1, 0.15) is 11.3 Å². The maximum atomic E-state index is 12.9. The molecule has 3 rings (SSSR count). The molecule has 0 atom stereocenters. The molecule has 1 aliphatic rings. The number of sulfonamides is 1. The zero-order valence-electron chi connectivity index (χ0n) is 13.3. The second-order valence-corrected chi connectivity index (χ2v) is 7.29. The average molecular weight is 349 g/mol.